The van der Waals surface area contributed by atoms with Crippen LogP contribution in [0.1, 0.15) is 17.3 Å². The first-order chi connectivity index (χ1) is 15.4. The van der Waals surface area contributed by atoms with Crippen LogP contribution in [-0.2, 0) is 19.6 Å². The maximum atomic E-state index is 13.6. The summed E-state index contributed by atoms with van der Waals surface area (Å²) >= 11 is 0. The summed E-state index contributed by atoms with van der Waals surface area (Å²) in [6.45, 7) is 3.39. The van der Waals surface area contributed by atoms with E-state index in [1.807, 2.05) is 0 Å². The van der Waals surface area contributed by atoms with Crippen molar-refractivity contribution >= 4 is 27.4 Å². The molecule has 0 saturated carbocycles. The largest absolute Gasteiger partial charge is 0.486 e. The fraction of sp³-hybridized carbons (Fsp3) is 0.364. The second-order valence-corrected chi connectivity index (χ2v) is 9.28. The van der Waals surface area contributed by atoms with E-state index >= 15 is 0 Å². The number of Topliss-reactive ketones (excluding diaryl/α,β-unsaturated/α-hetero) is 1. The molecule has 2 aliphatic rings. The van der Waals surface area contributed by atoms with Gasteiger partial charge in [-0.3, -0.25) is 13.9 Å². The number of ether oxygens (including phenoxy) is 3. The summed E-state index contributed by atoms with van der Waals surface area (Å²) in [6.07, 6.45) is 0. The minimum atomic E-state index is -4.12. The number of morpholine rings is 1. The number of benzene rings is 2. The Morgan fingerprint density at radius 3 is 2.25 bits per heavy atom. The lowest BCUT2D eigenvalue weighted by molar-refractivity contribution is -0.133. The zero-order chi connectivity index (χ0) is 22.7. The minimum absolute atomic E-state index is 0.0211. The number of fused-ring (bicyclic) bond motifs is 1. The number of carbonyl (C=O) groups is 2. The molecule has 2 aliphatic heterocycles. The van der Waals surface area contributed by atoms with Crippen LogP contribution in [-0.4, -0.2) is 71.1 Å². The average Bonchev–Trinajstić information content (AvgIpc) is 2.82. The van der Waals surface area contributed by atoms with Crippen LogP contribution in [0.3, 0.4) is 0 Å². The van der Waals surface area contributed by atoms with Crippen molar-refractivity contribution in [2.45, 2.75) is 11.8 Å². The summed E-state index contributed by atoms with van der Waals surface area (Å²) in [5, 5.41) is 0. The number of anilines is 1. The van der Waals surface area contributed by atoms with Crippen molar-refractivity contribution in [2.75, 3.05) is 50.4 Å². The molecule has 0 bridgehead atoms. The molecule has 2 aromatic rings. The summed E-state index contributed by atoms with van der Waals surface area (Å²) in [4.78, 5) is 26.1. The van der Waals surface area contributed by atoms with Gasteiger partial charge >= 0.3 is 0 Å². The molecule has 1 fully saturated rings. The van der Waals surface area contributed by atoms with Crippen molar-refractivity contribution in [3.8, 4) is 11.5 Å². The Labute approximate surface area is 186 Å². The molecule has 0 aromatic heterocycles. The molecule has 0 aliphatic carbocycles. The van der Waals surface area contributed by atoms with Crippen molar-refractivity contribution in [2.24, 2.45) is 0 Å². The number of carbonyl (C=O) groups excluding carboxylic acids is 2. The van der Waals surface area contributed by atoms with Gasteiger partial charge in [-0.25, -0.2) is 8.42 Å². The third-order valence-corrected chi connectivity index (χ3v) is 7.08. The smallest absolute Gasteiger partial charge is 0.264 e. The highest BCUT2D eigenvalue weighted by atomic mass is 32.2. The molecule has 0 atom stereocenters. The van der Waals surface area contributed by atoms with E-state index in [-0.39, 0.29) is 28.8 Å². The molecular formula is C22H24N2O7S. The molecule has 2 heterocycles. The summed E-state index contributed by atoms with van der Waals surface area (Å²) in [7, 11) is -4.12. The fourth-order valence-corrected chi connectivity index (χ4v) is 4.95. The van der Waals surface area contributed by atoms with E-state index in [9.17, 15) is 18.0 Å². The Balaban J connectivity index is 1.70. The molecule has 10 heteroatoms. The van der Waals surface area contributed by atoms with Crippen molar-refractivity contribution in [1.29, 1.82) is 0 Å². The van der Waals surface area contributed by atoms with E-state index in [0.29, 0.717) is 56.6 Å². The highest BCUT2D eigenvalue weighted by molar-refractivity contribution is 7.92. The Hall–Kier alpha value is -3.11. The topological polar surface area (TPSA) is 102 Å². The van der Waals surface area contributed by atoms with Crippen LogP contribution >= 0.6 is 0 Å². The number of ketones is 1. The second kappa shape index (κ2) is 9.17. The van der Waals surface area contributed by atoms with E-state index in [4.69, 9.17) is 14.2 Å². The lowest BCUT2D eigenvalue weighted by Gasteiger charge is -2.31. The van der Waals surface area contributed by atoms with Gasteiger partial charge in [-0.1, -0.05) is 0 Å². The maximum absolute atomic E-state index is 13.6. The zero-order valence-corrected chi connectivity index (χ0v) is 18.5. The molecule has 0 spiro atoms. The Bertz CT molecular complexity index is 1110. The molecule has 9 nitrogen and oxygen atoms in total. The number of sulfonamides is 1. The lowest BCUT2D eigenvalue weighted by Crippen LogP contribution is -2.47. The highest BCUT2D eigenvalue weighted by Crippen LogP contribution is 2.34. The average molecular weight is 461 g/mol. The van der Waals surface area contributed by atoms with Crippen LogP contribution in [0.25, 0.3) is 0 Å². The third-order valence-electron chi connectivity index (χ3n) is 5.31. The van der Waals surface area contributed by atoms with Gasteiger partial charge in [-0.05, 0) is 43.3 Å². The van der Waals surface area contributed by atoms with E-state index < -0.39 is 10.0 Å². The summed E-state index contributed by atoms with van der Waals surface area (Å²) in [6, 6.07) is 10.5. The van der Waals surface area contributed by atoms with Crippen LogP contribution in [0, 0.1) is 0 Å². The van der Waals surface area contributed by atoms with Crippen LogP contribution in [0.2, 0.25) is 0 Å². The van der Waals surface area contributed by atoms with E-state index in [2.05, 4.69) is 0 Å². The Kier molecular flexibility index (Phi) is 6.33. The van der Waals surface area contributed by atoms with Gasteiger partial charge in [0.25, 0.3) is 10.0 Å². The summed E-state index contributed by atoms with van der Waals surface area (Å²) in [5.41, 5.74) is 0.733. The first kappa shape index (κ1) is 22.1. The Morgan fingerprint density at radius 2 is 1.59 bits per heavy atom. The van der Waals surface area contributed by atoms with Gasteiger partial charge in [-0.15, -0.1) is 0 Å². The normalized spacial score (nSPS) is 15.8. The monoisotopic (exact) mass is 460 g/mol. The molecule has 0 unspecified atom stereocenters. The van der Waals surface area contributed by atoms with Crippen molar-refractivity contribution in [1.82, 2.24) is 4.90 Å². The molecule has 1 amide bonds. The standard InChI is InChI=1S/C22H24N2O7S/c1-16(25)17-2-4-18(5-3-17)24(15-22(26)23-8-10-29-11-9-23)32(27,28)19-6-7-20-21(14-19)31-13-12-30-20/h2-7,14H,8-13,15H2,1H3. The number of amides is 1. The molecule has 0 radical (unpaired) electrons. The fourth-order valence-electron chi connectivity index (χ4n) is 3.52. The number of nitrogens with zero attached hydrogens (tertiary/aromatic N) is 2. The predicted octanol–water partition coefficient (Wildman–Crippen LogP) is 1.71. The van der Waals surface area contributed by atoms with Gasteiger partial charge in [0.1, 0.15) is 19.8 Å². The van der Waals surface area contributed by atoms with Gasteiger partial charge in [0, 0.05) is 24.7 Å². The molecule has 0 N–H and O–H groups in total. The van der Waals surface area contributed by atoms with Crippen molar-refractivity contribution in [3.63, 3.8) is 0 Å². The third kappa shape index (κ3) is 4.56. The Morgan fingerprint density at radius 1 is 0.938 bits per heavy atom. The molecule has 32 heavy (non-hydrogen) atoms. The number of hydrogen-bond acceptors (Lipinski definition) is 7. The molecule has 2 aromatic carbocycles. The van der Waals surface area contributed by atoms with E-state index in [1.54, 1.807) is 23.1 Å². The zero-order valence-electron chi connectivity index (χ0n) is 17.7. The van der Waals surface area contributed by atoms with Gasteiger partial charge in [-0.2, -0.15) is 0 Å². The van der Waals surface area contributed by atoms with Crippen molar-refractivity contribution in [3.05, 3.63) is 48.0 Å². The van der Waals surface area contributed by atoms with Crippen molar-refractivity contribution < 1.29 is 32.2 Å². The number of hydrogen-bond donors (Lipinski definition) is 0. The maximum Gasteiger partial charge on any atom is 0.264 e. The lowest BCUT2D eigenvalue weighted by atomic mass is 10.1. The first-order valence-corrected chi connectivity index (χ1v) is 11.7. The second-order valence-electron chi connectivity index (χ2n) is 7.41. The van der Waals surface area contributed by atoms with Crippen LogP contribution in [0.15, 0.2) is 47.4 Å². The van der Waals surface area contributed by atoms with E-state index in [1.165, 1.54) is 31.2 Å². The molecule has 170 valence electrons. The van der Waals surface area contributed by atoms with Gasteiger partial charge in [0.05, 0.1) is 23.8 Å². The SMILES string of the molecule is CC(=O)c1ccc(N(CC(=O)N2CCOCC2)S(=O)(=O)c2ccc3c(c2)OCCO3)cc1. The first-order valence-electron chi connectivity index (χ1n) is 10.3. The molecular weight excluding hydrogens is 436 g/mol. The molecule has 1 saturated heterocycles. The molecule has 4 rings (SSSR count). The van der Waals surface area contributed by atoms with Crippen LogP contribution in [0.4, 0.5) is 5.69 Å². The van der Waals surface area contributed by atoms with Gasteiger partial charge in [0.2, 0.25) is 5.91 Å². The minimum Gasteiger partial charge on any atom is -0.486 e. The van der Waals surface area contributed by atoms with Gasteiger partial charge in [0.15, 0.2) is 17.3 Å². The quantitative estimate of drug-likeness (QED) is 0.605. The van der Waals surface area contributed by atoms with Crippen LogP contribution < -0.4 is 13.8 Å². The summed E-state index contributed by atoms with van der Waals surface area (Å²) in [5.74, 6) is 0.341. The summed E-state index contributed by atoms with van der Waals surface area (Å²) < 4.78 is 44.6. The van der Waals surface area contributed by atoms with Gasteiger partial charge < -0.3 is 19.1 Å². The predicted molar refractivity (Wildman–Crippen MR) is 116 cm³/mol. The highest BCUT2D eigenvalue weighted by Gasteiger charge is 2.31. The van der Waals surface area contributed by atoms with E-state index in [0.717, 1.165) is 4.31 Å². The van der Waals surface area contributed by atoms with Crippen LogP contribution in [0.5, 0.6) is 11.5 Å². The number of rotatable bonds is 6.